The van der Waals surface area contributed by atoms with E-state index in [9.17, 15) is 10.1 Å². The second kappa shape index (κ2) is 4.98. The van der Waals surface area contributed by atoms with E-state index in [4.69, 9.17) is 0 Å². The van der Waals surface area contributed by atoms with E-state index in [0.717, 1.165) is 43.4 Å². The molecule has 0 aromatic heterocycles. The topological polar surface area (TPSA) is 52.9 Å². The molecule has 0 aromatic carbocycles. The third kappa shape index (κ3) is 2.10. The fourth-order valence-electron chi connectivity index (χ4n) is 6.56. The Morgan fingerprint density at radius 2 is 1.59 bits per heavy atom. The van der Waals surface area contributed by atoms with Crippen LogP contribution in [0.5, 0.6) is 0 Å². The maximum absolute atomic E-state index is 12.8. The molecular formula is C19H28N2O. The molecule has 5 fully saturated rings. The van der Waals surface area contributed by atoms with Crippen LogP contribution in [0.1, 0.15) is 71.1 Å². The summed E-state index contributed by atoms with van der Waals surface area (Å²) >= 11 is 0. The molecule has 0 aromatic rings. The normalized spacial score (nSPS) is 42.8. The van der Waals surface area contributed by atoms with Crippen LogP contribution < -0.4 is 5.32 Å². The van der Waals surface area contributed by atoms with E-state index in [-0.39, 0.29) is 11.9 Å². The Kier molecular flexibility index (Phi) is 3.29. The van der Waals surface area contributed by atoms with Gasteiger partial charge in [-0.25, -0.2) is 0 Å². The predicted molar refractivity (Wildman–Crippen MR) is 84.7 cm³/mol. The number of nitrogens with one attached hydrogen (secondary N) is 1. The van der Waals surface area contributed by atoms with Crippen LogP contribution in [0, 0.1) is 39.9 Å². The van der Waals surface area contributed by atoms with Crippen LogP contribution in [0.4, 0.5) is 0 Å². The quantitative estimate of drug-likeness (QED) is 0.862. The summed E-state index contributed by atoms with van der Waals surface area (Å²) in [6, 6.07) is 2.58. The summed E-state index contributed by atoms with van der Waals surface area (Å²) in [5, 5.41) is 12.8. The fraction of sp³-hybridized carbons (Fsp3) is 0.895. The highest BCUT2D eigenvalue weighted by Crippen LogP contribution is 2.61. The molecule has 5 rings (SSSR count). The minimum atomic E-state index is -0.726. The molecule has 22 heavy (non-hydrogen) atoms. The fourth-order valence-corrected chi connectivity index (χ4v) is 6.56. The standard InChI is InChI=1S/C19H28N2O/c1-13(21-17(22)18(12-20)4-2-3-5-18)19-9-14-6-15(10-19)8-16(7-14)11-19/h13-16H,2-11H2,1H3,(H,21,22). The molecular weight excluding hydrogens is 272 g/mol. The maximum atomic E-state index is 12.8. The third-order valence-corrected chi connectivity index (χ3v) is 7.46. The molecule has 0 saturated heterocycles. The minimum absolute atomic E-state index is 0.0238. The van der Waals surface area contributed by atoms with Gasteiger partial charge in [0, 0.05) is 6.04 Å². The molecule has 3 heteroatoms. The van der Waals surface area contributed by atoms with Crippen molar-refractivity contribution in [1.82, 2.24) is 5.32 Å². The molecule has 0 aliphatic heterocycles. The van der Waals surface area contributed by atoms with Gasteiger partial charge in [-0.3, -0.25) is 4.79 Å². The third-order valence-electron chi connectivity index (χ3n) is 7.46. The Bertz CT molecular complexity index is 477. The average molecular weight is 300 g/mol. The first-order valence-electron chi connectivity index (χ1n) is 9.27. The van der Waals surface area contributed by atoms with Crippen molar-refractivity contribution in [3.63, 3.8) is 0 Å². The number of hydrogen-bond acceptors (Lipinski definition) is 2. The highest BCUT2D eigenvalue weighted by molar-refractivity contribution is 5.86. The van der Waals surface area contributed by atoms with Gasteiger partial charge in [0.1, 0.15) is 5.41 Å². The lowest BCUT2D eigenvalue weighted by Gasteiger charge is -2.59. The zero-order chi connectivity index (χ0) is 15.4. The van der Waals surface area contributed by atoms with Crippen LogP contribution >= 0.6 is 0 Å². The summed E-state index contributed by atoms with van der Waals surface area (Å²) in [7, 11) is 0. The second-order valence-corrected chi connectivity index (χ2v) is 8.88. The highest BCUT2D eigenvalue weighted by atomic mass is 16.2. The van der Waals surface area contributed by atoms with E-state index < -0.39 is 5.41 Å². The largest absolute Gasteiger partial charge is 0.352 e. The average Bonchev–Trinajstić information content (AvgIpc) is 2.96. The zero-order valence-electron chi connectivity index (χ0n) is 13.7. The van der Waals surface area contributed by atoms with Gasteiger partial charge in [0.05, 0.1) is 6.07 Å². The molecule has 120 valence electrons. The van der Waals surface area contributed by atoms with Gasteiger partial charge in [0.25, 0.3) is 0 Å². The Morgan fingerprint density at radius 3 is 2.05 bits per heavy atom. The molecule has 1 N–H and O–H groups in total. The minimum Gasteiger partial charge on any atom is -0.352 e. The van der Waals surface area contributed by atoms with Crippen molar-refractivity contribution >= 4 is 5.91 Å². The first kappa shape index (κ1) is 14.5. The Labute approximate surface area is 133 Å². The molecule has 4 bridgehead atoms. The summed E-state index contributed by atoms with van der Waals surface area (Å²) in [6.45, 7) is 2.21. The van der Waals surface area contributed by atoms with E-state index in [0.29, 0.717) is 5.41 Å². The van der Waals surface area contributed by atoms with Gasteiger partial charge in [-0.1, -0.05) is 12.8 Å². The van der Waals surface area contributed by atoms with Gasteiger partial charge < -0.3 is 5.32 Å². The molecule has 5 aliphatic rings. The Balaban J connectivity index is 1.49. The van der Waals surface area contributed by atoms with Crippen molar-refractivity contribution in [2.24, 2.45) is 28.6 Å². The number of carbonyl (C=O) groups is 1. The van der Waals surface area contributed by atoms with Crippen LogP contribution in [0.3, 0.4) is 0 Å². The molecule has 0 heterocycles. The van der Waals surface area contributed by atoms with Crippen molar-refractivity contribution < 1.29 is 4.79 Å². The van der Waals surface area contributed by atoms with E-state index >= 15 is 0 Å². The van der Waals surface area contributed by atoms with Crippen molar-refractivity contribution in [3.05, 3.63) is 0 Å². The molecule has 1 unspecified atom stereocenters. The van der Waals surface area contributed by atoms with Crippen molar-refractivity contribution in [2.45, 2.75) is 77.2 Å². The summed E-state index contributed by atoms with van der Waals surface area (Å²) < 4.78 is 0. The number of hydrogen-bond donors (Lipinski definition) is 1. The van der Waals surface area contributed by atoms with Crippen LogP contribution in [0.15, 0.2) is 0 Å². The van der Waals surface area contributed by atoms with Crippen molar-refractivity contribution in [1.29, 1.82) is 5.26 Å². The molecule has 1 amide bonds. The van der Waals surface area contributed by atoms with Crippen LogP contribution in [0.25, 0.3) is 0 Å². The first-order chi connectivity index (χ1) is 10.6. The van der Waals surface area contributed by atoms with Crippen LogP contribution in [0.2, 0.25) is 0 Å². The zero-order valence-corrected chi connectivity index (χ0v) is 13.7. The lowest BCUT2D eigenvalue weighted by molar-refractivity contribution is -0.132. The van der Waals surface area contributed by atoms with Gasteiger partial charge in [-0.2, -0.15) is 5.26 Å². The van der Waals surface area contributed by atoms with Crippen molar-refractivity contribution in [3.8, 4) is 6.07 Å². The number of nitriles is 1. The lowest BCUT2D eigenvalue weighted by Crippen LogP contribution is -2.57. The SMILES string of the molecule is CC(NC(=O)C1(C#N)CCCC1)C12CC3CC(CC(C3)C1)C2. The summed E-state index contributed by atoms with van der Waals surface area (Å²) in [5.41, 5.74) is -0.393. The van der Waals surface area contributed by atoms with Gasteiger partial charge >= 0.3 is 0 Å². The number of rotatable bonds is 3. The van der Waals surface area contributed by atoms with E-state index in [2.05, 4.69) is 18.3 Å². The Morgan fingerprint density at radius 1 is 1.09 bits per heavy atom. The van der Waals surface area contributed by atoms with Crippen LogP contribution in [-0.4, -0.2) is 11.9 Å². The monoisotopic (exact) mass is 300 g/mol. The van der Waals surface area contributed by atoms with Gasteiger partial charge in [0.2, 0.25) is 5.91 Å². The van der Waals surface area contributed by atoms with Gasteiger partial charge in [-0.15, -0.1) is 0 Å². The Hall–Kier alpha value is -1.04. The smallest absolute Gasteiger partial charge is 0.240 e. The van der Waals surface area contributed by atoms with Crippen molar-refractivity contribution in [2.75, 3.05) is 0 Å². The van der Waals surface area contributed by atoms with E-state index in [1.165, 1.54) is 38.5 Å². The summed E-state index contributed by atoms with van der Waals surface area (Å²) in [5.74, 6) is 2.74. The molecule has 5 aliphatic carbocycles. The summed E-state index contributed by atoms with van der Waals surface area (Å²) in [6.07, 6.45) is 11.8. The molecule has 1 atom stereocenters. The first-order valence-corrected chi connectivity index (χ1v) is 9.27. The lowest BCUT2D eigenvalue weighted by atomic mass is 9.48. The maximum Gasteiger partial charge on any atom is 0.240 e. The molecule has 0 spiro atoms. The molecule has 3 nitrogen and oxygen atoms in total. The molecule has 0 radical (unpaired) electrons. The van der Waals surface area contributed by atoms with Gasteiger partial charge in [0.15, 0.2) is 0 Å². The highest BCUT2D eigenvalue weighted by Gasteiger charge is 2.54. The number of carbonyl (C=O) groups excluding carboxylic acids is 1. The van der Waals surface area contributed by atoms with Crippen LogP contribution in [-0.2, 0) is 4.79 Å². The number of nitrogens with zero attached hydrogens (tertiary/aromatic N) is 1. The number of amides is 1. The van der Waals surface area contributed by atoms with Gasteiger partial charge in [-0.05, 0) is 81.5 Å². The predicted octanol–water partition coefficient (Wildman–Crippen LogP) is 3.79. The summed E-state index contributed by atoms with van der Waals surface area (Å²) in [4.78, 5) is 12.8. The second-order valence-electron chi connectivity index (χ2n) is 8.88. The molecule has 5 saturated carbocycles. The van der Waals surface area contributed by atoms with E-state index in [1.54, 1.807) is 0 Å². The van der Waals surface area contributed by atoms with E-state index in [1.807, 2.05) is 0 Å².